The molecule has 0 aliphatic carbocycles. The summed E-state index contributed by atoms with van der Waals surface area (Å²) in [5.74, 6) is 1.11. The van der Waals surface area contributed by atoms with Crippen molar-refractivity contribution in [3.63, 3.8) is 0 Å². The Balaban J connectivity index is 1.66. The van der Waals surface area contributed by atoms with Crippen molar-refractivity contribution in [3.8, 4) is 28.3 Å². The maximum Gasteiger partial charge on any atom is 0.263 e. The first kappa shape index (κ1) is 24.4. The van der Waals surface area contributed by atoms with E-state index in [0.29, 0.717) is 33.1 Å². The van der Waals surface area contributed by atoms with E-state index in [2.05, 4.69) is 14.4 Å². The Morgan fingerprint density at radius 3 is 2.49 bits per heavy atom. The van der Waals surface area contributed by atoms with Crippen LogP contribution in [0.5, 0.6) is 11.5 Å². The molecule has 0 bridgehead atoms. The largest absolute Gasteiger partial charge is 0.497 e. The lowest BCUT2D eigenvalue weighted by Crippen LogP contribution is -2.19. The van der Waals surface area contributed by atoms with Crippen LogP contribution in [0, 0.1) is 0 Å². The minimum Gasteiger partial charge on any atom is -0.497 e. The van der Waals surface area contributed by atoms with E-state index in [4.69, 9.17) is 21.1 Å². The molecule has 5 rings (SSSR count). The molecule has 9 nitrogen and oxygen atoms in total. The predicted octanol–water partition coefficient (Wildman–Crippen LogP) is 5.12. The Morgan fingerprint density at radius 2 is 1.76 bits per heavy atom. The van der Waals surface area contributed by atoms with E-state index >= 15 is 0 Å². The van der Waals surface area contributed by atoms with Gasteiger partial charge in [0, 0.05) is 22.5 Å². The number of methoxy groups -OCH3 is 2. The van der Waals surface area contributed by atoms with Gasteiger partial charge in [-0.05, 0) is 65.7 Å². The smallest absolute Gasteiger partial charge is 0.263 e. The molecule has 1 N–H and O–H groups in total. The van der Waals surface area contributed by atoms with Crippen LogP contribution in [0.3, 0.4) is 0 Å². The number of fused-ring (bicyclic) bond motifs is 1. The molecular formula is C26H20ClN3O6S. The molecule has 0 atom stereocenters. The number of anilines is 1. The molecule has 2 heterocycles. The van der Waals surface area contributed by atoms with Gasteiger partial charge in [-0.3, -0.25) is 14.1 Å². The van der Waals surface area contributed by atoms with Crippen LogP contribution in [0.25, 0.3) is 27.7 Å². The molecule has 0 saturated heterocycles. The molecule has 3 aromatic carbocycles. The van der Waals surface area contributed by atoms with E-state index in [1.54, 1.807) is 37.4 Å². The van der Waals surface area contributed by atoms with Crippen molar-refractivity contribution in [2.75, 3.05) is 18.9 Å². The van der Waals surface area contributed by atoms with Gasteiger partial charge >= 0.3 is 0 Å². The Kier molecular flexibility index (Phi) is 6.36. The summed E-state index contributed by atoms with van der Waals surface area (Å²) in [5.41, 5.74) is 2.21. The molecule has 0 aliphatic heterocycles. The second kappa shape index (κ2) is 9.64. The van der Waals surface area contributed by atoms with E-state index in [0.717, 1.165) is 11.1 Å². The summed E-state index contributed by atoms with van der Waals surface area (Å²) in [6.07, 6.45) is 1.26. The first-order valence-corrected chi connectivity index (χ1v) is 12.8. The molecule has 37 heavy (non-hydrogen) atoms. The number of hydrogen-bond donors (Lipinski definition) is 1. The van der Waals surface area contributed by atoms with Crippen LogP contribution in [0.2, 0.25) is 5.02 Å². The number of nitrogens with one attached hydrogen (secondary N) is 1. The molecule has 188 valence electrons. The fourth-order valence-corrected chi connectivity index (χ4v) is 5.25. The van der Waals surface area contributed by atoms with Crippen molar-refractivity contribution in [1.29, 1.82) is 0 Å². The summed E-state index contributed by atoms with van der Waals surface area (Å²) < 4.78 is 45.1. The monoisotopic (exact) mass is 537 g/mol. The van der Waals surface area contributed by atoms with Gasteiger partial charge < -0.3 is 14.0 Å². The van der Waals surface area contributed by atoms with Gasteiger partial charge in [0.2, 0.25) is 0 Å². The van der Waals surface area contributed by atoms with Crippen molar-refractivity contribution in [3.05, 3.63) is 94.4 Å². The fourth-order valence-electron chi connectivity index (χ4n) is 3.99. The average molecular weight is 538 g/mol. The number of benzene rings is 3. The number of aromatic nitrogens is 2. The van der Waals surface area contributed by atoms with Crippen molar-refractivity contribution in [2.24, 2.45) is 0 Å². The van der Waals surface area contributed by atoms with Gasteiger partial charge in [0.1, 0.15) is 17.8 Å². The molecule has 0 saturated carbocycles. The molecule has 5 aromatic rings. The molecule has 0 unspecified atom stereocenters. The lowest BCUT2D eigenvalue weighted by molar-refractivity contribution is 0.413. The van der Waals surface area contributed by atoms with Gasteiger partial charge in [-0.25, -0.2) is 8.42 Å². The highest BCUT2D eigenvalue weighted by molar-refractivity contribution is 7.92. The van der Waals surface area contributed by atoms with Crippen LogP contribution < -0.4 is 19.8 Å². The first-order valence-electron chi connectivity index (χ1n) is 10.9. The SMILES string of the molecule is COc1cc(Cl)cc(-c2ccc(OC)c(-n3c(=O)ccc4cc(S(=O)(=O)Nc5ccon5)ccc43)c2)c1. The number of ether oxygens (including phenoxy) is 2. The minimum atomic E-state index is -3.94. The number of hydrogen-bond acceptors (Lipinski definition) is 7. The Morgan fingerprint density at radius 1 is 0.919 bits per heavy atom. The van der Waals surface area contributed by atoms with Gasteiger partial charge in [0.05, 0.1) is 30.3 Å². The van der Waals surface area contributed by atoms with Crippen molar-refractivity contribution < 1.29 is 22.4 Å². The third-order valence-electron chi connectivity index (χ3n) is 5.71. The zero-order valence-corrected chi connectivity index (χ0v) is 21.2. The molecule has 0 amide bonds. The maximum absolute atomic E-state index is 13.1. The molecule has 0 fully saturated rings. The van der Waals surface area contributed by atoms with Crippen molar-refractivity contribution in [2.45, 2.75) is 4.90 Å². The van der Waals surface area contributed by atoms with E-state index in [-0.39, 0.29) is 16.3 Å². The number of pyridine rings is 1. The molecule has 0 radical (unpaired) electrons. The zero-order chi connectivity index (χ0) is 26.2. The third-order valence-corrected chi connectivity index (χ3v) is 7.28. The zero-order valence-electron chi connectivity index (χ0n) is 19.6. The number of nitrogens with zero attached hydrogens (tertiary/aromatic N) is 2. The second-order valence-electron chi connectivity index (χ2n) is 7.98. The molecule has 0 spiro atoms. The Hall–Kier alpha value is -4.28. The highest BCUT2D eigenvalue weighted by Crippen LogP contribution is 2.34. The van der Waals surface area contributed by atoms with Gasteiger partial charge in [0.15, 0.2) is 5.82 Å². The van der Waals surface area contributed by atoms with Crippen LogP contribution in [0.4, 0.5) is 5.82 Å². The molecule has 0 aliphatic rings. The van der Waals surface area contributed by atoms with Crippen molar-refractivity contribution in [1.82, 2.24) is 9.72 Å². The van der Waals surface area contributed by atoms with Crippen LogP contribution in [-0.4, -0.2) is 32.4 Å². The highest BCUT2D eigenvalue weighted by atomic mass is 35.5. The number of rotatable bonds is 7. The minimum absolute atomic E-state index is 0.0000582. The third kappa shape index (κ3) is 4.76. The van der Waals surface area contributed by atoms with Crippen LogP contribution >= 0.6 is 11.6 Å². The van der Waals surface area contributed by atoms with E-state index in [9.17, 15) is 13.2 Å². The molecule has 2 aromatic heterocycles. The summed E-state index contributed by atoms with van der Waals surface area (Å²) >= 11 is 6.27. The van der Waals surface area contributed by atoms with Crippen LogP contribution in [0.15, 0.2) is 93.3 Å². The highest BCUT2D eigenvalue weighted by Gasteiger charge is 2.18. The van der Waals surface area contributed by atoms with E-state index in [1.165, 1.54) is 42.2 Å². The maximum atomic E-state index is 13.1. The topological polar surface area (TPSA) is 113 Å². The van der Waals surface area contributed by atoms with Gasteiger partial charge in [-0.2, -0.15) is 0 Å². The standard InChI is InChI=1S/C26H20ClN3O6S/c1-34-20-12-18(11-19(27)15-20)16-3-7-24(35-2)23(14-16)30-22-6-5-21(13-17(22)4-8-26(30)31)37(32,33)29-25-9-10-36-28-25/h3-15H,1-2H3,(H,28,29). The Labute approximate surface area is 216 Å². The summed E-state index contributed by atoms with van der Waals surface area (Å²) in [4.78, 5) is 13.1. The lowest BCUT2D eigenvalue weighted by Gasteiger charge is -2.16. The van der Waals surface area contributed by atoms with E-state index < -0.39 is 10.0 Å². The average Bonchev–Trinajstić information content (AvgIpc) is 3.40. The fraction of sp³-hybridized carbons (Fsp3) is 0.0769. The summed E-state index contributed by atoms with van der Waals surface area (Å²) in [6, 6.07) is 19.5. The number of halogens is 1. The van der Waals surface area contributed by atoms with Crippen molar-refractivity contribution >= 4 is 38.3 Å². The summed E-state index contributed by atoms with van der Waals surface area (Å²) in [7, 11) is -0.871. The van der Waals surface area contributed by atoms with Gasteiger partial charge in [0.25, 0.3) is 15.6 Å². The number of sulfonamides is 1. The van der Waals surface area contributed by atoms with E-state index in [1.807, 2.05) is 18.2 Å². The van der Waals surface area contributed by atoms with Crippen LogP contribution in [-0.2, 0) is 10.0 Å². The lowest BCUT2D eigenvalue weighted by atomic mass is 10.0. The first-order chi connectivity index (χ1) is 17.8. The second-order valence-corrected chi connectivity index (χ2v) is 10.1. The van der Waals surface area contributed by atoms with Gasteiger partial charge in [-0.15, -0.1) is 0 Å². The van der Waals surface area contributed by atoms with Gasteiger partial charge in [-0.1, -0.05) is 22.8 Å². The van der Waals surface area contributed by atoms with Crippen LogP contribution in [0.1, 0.15) is 0 Å². The molecule has 11 heteroatoms. The normalized spacial score (nSPS) is 11.4. The molecular weight excluding hydrogens is 518 g/mol. The summed E-state index contributed by atoms with van der Waals surface area (Å²) in [5, 5.41) is 4.61. The quantitative estimate of drug-likeness (QED) is 0.306. The summed E-state index contributed by atoms with van der Waals surface area (Å²) in [6.45, 7) is 0. The predicted molar refractivity (Wildman–Crippen MR) is 140 cm³/mol. The Bertz CT molecular complexity index is 1780.